The Morgan fingerprint density at radius 1 is 1.07 bits per heavy atom. The van der Waals surface area contributed by atoms with Gasteiger partial charge in [0.25, 0.3) is 0 Å². The molecule has 0 heterocycles. The van der Waals surface area contributed by atoms with Gasteiger partial charge in [0.2, 0.25) is 0 Å². The smallest absolute Gasteiger partial charge is 0.305 e. The first-order valence-corrected chi connectivity index (χ1v) is 5.13. The molecule has 0 aromatic carbocycles. The molecule has 84 valence electrons. The summed E-state index contributed by atoms with van der Waals surface area (Å²) in [5.74, 6) is -0.197. The summed E-state index contributed by atoms with van der Waals surface area (Å²) < 4.78 is 15.4. The lowest BCUT2D eigenvalue weighted by Gasteiger charge is -2.15. The number of carbonyl (C=O) groups excluding carboxylic acids is 1. The summed E-state index contributed by atoms with van der Waals surface area (Å²) in [7, 11) is 0. The highest BCUT2D eigenvalue weighted by atomic mass is 16.7. The van der Waals surface area contributed by atoms with Gasteiger partial charge in [0, 0.05) is 19.6 Å². The van der Waals surface area contributed by atoms with Crippen LogP contribution >= 0.6 is 0 Å². The molecule has 0 aromatic heterocycles. The van der Waals surface area contributed by atoms with E-state index in [4.69, 9.17) is 14.2 Å². The van der Waals surface area contributed by atoms with Crippen LogP contribution in [0.1, 0.15) is 33.6 Å². The molecule has 0 aromatic rings. The van der Waals surface area contributed by atoms with Gasteiger partial charge in [-0.05, 0) is 20.8 Å². The van der Waals surface area contributed by atoms with E-state index in [1.54, 1.807) is 6.92 Å². The highest BCUT2D eigenvalue weighted by Gasteiger charge is 2.11. The van der Waals surface area contributed by atoms with Gasteiger partial charge in [0.05, 0.1) is 13.0 Å². The lowest BCUT2D eigenvalue weighted by molar-refractivity contribution is -0.155. The van der Waals surface area contributed by atoms with Crippen molar-refractivity contribution in [3.05, 3.63) is 0 Å². The Kier molecular flexibility index (Phi) is 8.57. The zero-order valence-electron chi connectivity index (χ0n) is 9.25. The van der Waals surface area contributed by atoms with Crippen LogP contribution < -0.4 is 0 Å². The second-order valence-corrected chi connectivity index (χ2v) is 2.68. The Labute approximate surface area is 85.5 Å². The zero-order valence-corrected chi connectivity index (χ0v) is 9.25. The third kappa shape index (κ3) is 6.86. The number of ether oxygens (including phenoxy) is 3. The Bertz CT molecular complexity index is 141. The minimum absolute atomic E-state index is 0.197. The van der Waals surface area contributed by atoms with Crippen LogP contribution in [0.5, 0.6) is 0 Å². The Hall–Kier alpha value is -0.610. The van der Waals surface area contributed by atoms with E-state index in [1.165, 1.54) is 0 Å². The monoisotopic (exact) mass is 204 g/mol. The van der Waals surface area contributed by atoms with Crippen LogP contribution in [0.25, 0.3) is 0 Å². The number of carbonyl (C=O) groups is 1. The van der Waals surface area contributed by atoms with Crippen molar-refractivity contribution in [2.24, 2.45) is 0 Å². The molecule has 0 amide bonds. The first-order valence-electron chi connectivity index (χ1n) is 5.13. The molecule has 14 heavy (non-hydrogen) atoms. The third-order valence-corrected chi connectivity index (χ3v) is 1.59. The Morgan fingerprint density at radius 2 is 1.64 bits per heavy atom. The molecule has 0 saturated carbocycles. The highest BCUT2D eigenvalue weighted by Crippen LogP contribution is 2.05. The molecule has 4 nitrogen and oxygen atoms in total. The first-order chi connectivity index (χ1) is 6.74. The molecule has 0 N–H and O–H groups in total. The van der Waals surface area contributed by atoms with E-state index >= 15 is 0 Å². The number of rotatable bonds is 8. The SMILES string of the molecule is CCOC(=O)CCC(OCC)OCC. The molecule has 0 radical (unpaired) electrons. The predicted molar refractivity (Wildman–Crippen MR) is 52.9 cm³/mol. The maximum atomic E-state index is 11.0. The normalized spacial score (nSPS) is 10.6. The van der Waals surface area contributed by atoms with E-state index in [2.05, 4.69) is 0 Å². The predicted octanol–water partition coefficient (Wildman–Crippen LogP) is 1.73. The van der Waals surface area contributed by atoms with Gasteiger partial charge in [-0.25, -0.2) is 0 Å². The maximum Gasteiger partial charge on any atom is 0.305 e. The molecule has 4 heteroatoms. The fourth-order valence-electron chi connectivity index (χ4n) is 1.06. The van der Waals surface area contributed by atoms with Crippen molar-refractivity contribution >= 4 is 5.97 Å². The summed E-state index contributed by atoms with van der Waals surface area (Å²) in [5.41, 5.74) is 0. The average Bonchev–Trinajstić information content (AvgIpc) is 2.15. The number of hydrogen-bond acceptors (Lipinski definition) is 4. The number of esters is 1. The van der Waals surface area contributed by atoms with E-state index in [9.17, 15) is 4.79 Å². The molecule has 0 aliphatic carbocycles. The first kappa shape index (κ1) is 13.4. The van der Waals surface area contributed by atoms with Crippen LogP contribution in [0.2, 0.25) is 0 Å². The molecule has 0 spiro atoms. The number of hydrogen-bond donors (Lipinski definition) is 0. The van der Waals surface area contributed by atoms with Crippen molar-refractivity contribution in [2.75, 3.05) is 19.8 Å². The van der Waals surface area contributed by atoms with Crippen molar-refractivity contribution in [3.63, 3.8) is 0 Å². The van der Waals surface area contributed by atoms with Crippen molar-refractivity contribution in [2.45, 2.75) is 39.9 Å². The fourth-order valence-corrected chi connectivity index (χ4v) is 1.06. The summed E-state index contributed by atoms with van der Waals surface area (Å²) in [4.78, 5) is 11.0. The van der Waals surface area contributed by atoms with Gasteiger partial charge in [0.15, 0.2) is 6.29 Å². The molecule has 0 bridgehead atoms. The molecule has 0 unspecified atom stereocenters. The summed E-state index contributed by atoms with van der Waals surface area (Å²) in [6.45, 7) is 7.20. The van der Waals surface area contributed by atoms with Crippen LogP contribution in [0.15, 0.2) is 0 Å². The maximum absolute atomic E-state index is 11.0. The molecule has 0 aliphatic heterocycles. The van der Waals surface area contributed by atoms with Crippen LogP contribution in [-0.2, 0) is 19.0 Å². The lowest BCUT2D eigenvalue weighted by atomic mass is 10.3. The van der Waals surface area contributed by atoms with Gasteiger partial charge < -0.3 is 14.2 Å². The van der Waals surface area contributed by atoms with Gasteiger partial charge in [-0.3, -0.25) is 4.79 Å². The van der Waals surface area contributed by atoms with Crippen molar-refractivity contribution in [1.82, 2.24) is 0 Å². The van der Waals surface area contributed by atoms with Crippen molar-refractivity contribution < 1.29 is 19.0 Å². The van der Waals surface area contributed by atoms with E-state index in [0.29, 0.717) is 32.7 Å². The Morgan fingerprint density at radius 3 is 2.07 bits per heavy atom. The van der Waals surface area contributed by atoms with Gasteiger partial charge in [-0.2, -0.15) is 0 Å². The molecule has 0 rings (SSSR count). The summed E-state index contributed by atoms with van der Waals surface area (Å²) in [5, 5.41) is 0. The largest absolute Gasteiger partial charge is 0.466 e. The molecule has 0 saturated heterocycles. The Balaban J connectivity index is 3.63. The zero-order chi connectivity index (χ0) is 10.8. The van der Waals surface area contributed by atoms with Gasteiger partial charge in [-0.1, -0.05) is 0 Å². The van der Waals surface area contributed by atoms with Crippen LogP contribution in [0.4, 0.5) is 0 Å². The molecular formula is C10H20O4. The second-order valence-electron chi connectivity index (χ2n) is 2.68. The van der Waals surface area contributed by atoms with Crippen LogP contribution in [0, 0.1) is 0 Å². The van der Waals surface area contributed by atoms with E-state index in [-0.39, 0.29) is 12.3 Å². The second kappa shape index (κ2) is 8.97. The average molecular weight is 204 g/mol. The van der Waals surface area contributed by atoms with E-state index in [1.807, 2.05) is 13.8 Å². The third-order valence-electron chi connectivity index (χ3n) is 1.59. The minimum atomic E-state index is -0.283. The topological polar surface area (TPSA) is 44.8 Å². The van der Waals surface area contributed by atoms with Gasteiger partial charge in [-0.15, -0.1) is 0 Å². The lowest BCUT2D eigenvalue weighted by Crippen LogP contribution is -2.19. The fraction of sp³-hybridized carbons (Fsp3) is 0.900. The molecule has 0 fully saturated rings. The summed E-state index contributed by atoms with van der Waals surface area (Å²) >= 11 is 0. The molecular weight excluding hydrogens is 184 g/mol. The van der Waals surface area contributed by atoms with Crippen LogP contribution in [0.3, 0.4) is 0 Å². The van der Waals surface area contributed by atoms with Crippen molar-refractivity contribution in [1.29, 1.82) is 0 Å². The van der Waals surface area contributed by atoms with E-state index < -0.39 is 0 Å². The van der Waals surface area contributed by atoms with Gasteiger partial charge in [0.1, 0.15) is 0 Å². The highest BCUT2D eigenvalue weighted by molar-refractivity contribution is 5.69. The molecule has 0 aliphatic rings. The van der Waals surface area contributed by atoms with Gasteiger partial charge >= 0.3 is 5.97 Å². The quantitative estimate of drug-likeness (QED) is 0.446. The van der Waals surface area contributed by atoms with E-state index in [0.717, 1.165) is 0 Å². The summed E-state index contributed by atoms with van der Waals surface area (Å²) in [6, 6.07) is 0. The standard InChI is InChI=1S/C10H20O4/c1-4-12-9(11)7-8-10(13-5-2)14-6-3/h10H,4-8H2,1-3H3. The summed E-state index contributed by atoms with van der Waals surface area (Å²) in [6.07, 6.45) is 0.619. The van der Waals surface area contributed by atoms with Crippen LogP contribution in [-0.4, -0.2) is 32.1 Å². The van der Waals surface area contributed by atoms with Crippen molar-refractivity contribution in [3.8, 4) is 0 Å². The molecule has 0 atom stereocenters. The minimum Gasteiger partial charge on any atom is -0.466 e.